The molecule has 0 amide bonds. The van der Waals surface area contributed by atoms with Gasteiger partial charge in [0, 0.05) is 6.07 Å². The lowest BCUT2D eigenvalue weighted by Gasteiger charge is -2.13. The zero-order valence-electron chi connectivity index (χ0n) is 12.7. The van der Waals surface area contributed by atoms with Crippen LogP contribution in [0.15, 0.2) is 24.9 Å². The molecule has 2 aromatic rings. The molecule has 0 unspecified atom stereocenters. The van der Waals surface area contributed by atoms with Crippen LogP contribution in [0.4, 0.5) is 0 Å². The van der Waals surface area contributed by atoms with Crippen LogP contribution in [-0.4, -0.2) is 9.97 Å². The summed E-state index contributed by atoms with van der Waals surface area (Å²) in [4.78, 5) is 39.4. The Morgan fingerprint density at radius 3 is 2.64 bits per heavy atom. The van der Waals surface area contributed by atoms with Gasteiger partial charge in [-0.1, -0.05) is 13.3 Å². The van der Waals surface area contributed by atoms with Crippen LogP contribution in [0, 0.1) is 5.41 Å². The average Bonchev–Trinajstić information content (AvgIpc) is 3.17. The molecular formula is C16H20N2O4. The molecule has 1 aliphatic rings. The first kappa shape index (κ1) is 14.8. The summed E-state index contributed by atoms with van der Waals surface area (Å²) in [5, 5.41) is 0.277. The Bertz CT molecular complexity index is 850. The molecule has 0 aliphatic heterocycles. The molecule has 0 atom stereocenters. The molecule has 0 saturated heterocycles. The van der Waals surface area contributed by atoms with Gasteiger partial charge in [0.2, 0.25) is 5.71 Å². The minimum Gasteiger partial charge on any atom is -0.405 e. The SMILES string of the molecule is CCCC1(CCCc2cc(=O)oc3[nH]c(=O)[nH]c(=O)c23)CC1. The number of H-pyrrole nitrogens is 2. The molecule has 1 aliphatic carbocycles. The van der Waals surface area contributed by atoms with Gasteiger partial charge in [-0.3, -0.25) is 14.8 Å². The molecule has 3 rings (SSSR count). The van der Waals surface area contributed by atoms with Crippen molar-refractivity contribution in [2.45, 2.75) is 51.9 Å². The van der Waals surface area contributed by atoms with Crippen molar-refractivity contribution in [2.75, 3.05) is 0 Å². The average molecular weight is 304 g/mol. The van der Waals surface area contributed by atoms with Crippen molar-refractivity contribution < 1.29 is 4.42 Å². The second-order valence-corrected chi connectivity index (χ2v) is 6.31. The molecule has 22 heavy (non-hydrogen) atoms. The quantitative estimate of drug-likeness (QED) is 0.854. The monoisotopic (exact) mass is 304 g/mol. The number of aromatic nitrogens is 2. The van der Waals surface area contributed by atoms with Crippen molar-refractivity contribution in [1.82, 2.24) is 9.97 Å². The molecular weight excluding hydrogens is 284 g/mol. The maximum atomic E-state index is 12.0. The number of rotatable bonds is 6. The minimum absolute atomic E-state index is 0.0362. The molecule has 2 aromatic heterocycles. The smallest absolute Gasteiger partial charge is 0.337 e. The van der Waals surface area contributed by atoms with Crippen LogP contribution in [0.2, 0.25) is 0 Å². The molecule has 6 heteroatoms. The zero-order valence-corrected chi connectivity index (χ0v) is 12.7. The van der Waals surface area contributed by atoms with Crippen molar-refractivity contribution in [3.05, 3.63) is 42.9 Å². The van der Waals surface area contributed by atoms with Gasteiger partial charge >= 0.3 is 11.3 Å². The van der Waals surface area contributed by atoms with E-state index in [0.717, 1.165) is 12.8 Å². The lowest BCUT2D eigenvalue weighted by Crippen LogP contribution is -2.24. The van der Waals surface area contributed by atoms with Gasteiger partial charge in [-0.2, -0.15) is 0 Å². The largest absolute Gasteiger partial charge is 0.405 e. The number of aromatic amines is 2. The van der Waals surface area contributed by atoms with E-state index in [0.29, 0.717) is 17.4 Å². The first-order valence-corrected chi connectivity index (χ1v) is 7.82. The van der Waals surface area contributed by atoms with Gasteiger partial charge in [-0.15, -0.1) is 0 Å². The van der Waals surface area contributed by atoms with Gasteiger partial charge < -0.3 is 4.42 Å². The van der Waals surface area contributed by atoms with Gasteiger partial charge in [0.25, 0.3) is 5.56 Å². The van der Waals surface area contributed by atoms with E-state index in [-0.39, 0.29) is 11.1 Å². The Morgan fingerprint density at radius 2 is 1.95 bits per heavy atom. The maximum absolute atomic E-state index is 12.0. The van der Waals surface area contributed by atoms with Crippen molar-refractivity contribution >= 4 is 11.1 Å². The van der Waals surface area contributed by atoms with E-state index < -0.39 is 16.9 Å². The molecule has 1 fully saturated rings. The van der Waals surface area contributed by atoms with E-state index in [9.17, 15) is 14.4 Å². The van der Waals surface area contributed by atoms with Crippen LogP contribution in [0.25, 0.3) is 11.1 Å². The summed E-state index contributed by atoms with van der Waals surface area (Å²) in [5.41, 5.74) is -0.615. The molecule has 0 radical (unpaired) electrons. The van der Waals surface area contributed by atoms with E-state index in [1.165, 1.54) is 31.7 Å². The Morgan fingerprint density at radius 1 is 1.18 bits per heavy atom. The first-order chi connectivity index (χ1) is 10.5. The summed E-state index contributed by atoms with van der Waals surface area (Å²) >= 11 is 0. The Balaban J connectivity index is 1.86. The predicted molar refractivity (Wildman–Crippen MR) is 83.2 cm³/mol. The van der Waals surface area contributed by atoms with Crippen molar-refractivity contribution in [1.29, 1.82) is 0 Å². The number of aryl methyl sites for hydroxylation is 1. The third kappa shape index (κ3) is 2.91. The van der Waals surface area contributed by atoms with Crippen LogP contribution in [-0.2, 0) is 6.42 Å². The lowest BCUT2D eigenvalue weighted by molar-refractivity contribution is 0.410. The third-order valence-corrected chi connectivity index (χ3v) is 4.61. The number of nitrogens with one attached hydrogen (secondary N) is 2. The minimum atomic E-state index is -0.669. The third-order valence-electron chi connectivity index (χ3n) is 4.61. The predicted octanol–water partition coefficient (Wildman–Crippen LogP) is 2.07. The lowest BCUT2D eigenvalue weighted by atomic mass is 9.92. The Labute approximate surface area is 126 Å². The van der Waals surface area contributed by atoms with Gasteiger partial charge in [0.05, 0.1) is 0 Å². The summed E-state index contributed by atoms with van der Waals surface area (Å²) in [6, 6.07) is 1.36. The molecule has 1 saturated carbocycles. The highest BCUT2D eigenvalue weighted by molar-refractivity contribution is 5.75. The zero-order chi connectivity index (χ0) is 15.7. The van der Waals surface area contributed by atoms with Crippen molar-refractivity contribution in [3.63, 3.8) is 0 Å². The first-order valence-electron chi connectivity index (χ1n) is 7.82. The number of fused-ring (bicyclic) bond motifs is 1. The van der Waals surface area contributed by atoms with E-state index >= 15 is 0 Å². The normalized spacial score (nSPS) is 16.0. The van der Waals surface area contributed by atoms with Gasteiger partial charge in [-0.05, 0) is 49.5 Å². The Hall–Kier alpha value is -2.11. The van der Waals surface area contributed by atoms with E-state index in [1.807, 2.05) is 0 Å². The highest BCUT2D eigenvalue weighted by Crippen LogP contribution is 2.53. The van der Waals surface area contributed by atoms with E-state index in [1.54, 1.807) is 0 Å². The van der Waals surface area contributed by atoms with E-state index in [2.05, 4.69) is 16.9 Å². The summed E-state index contributed by atoms with van der Waals surface area (Å²) in [7, 11) is 0. The molecule has 118 valence electrons. The van der Waals surface area contributed by atoms with Crippen LogP contribution >= 0.6 is 0 Å². The molecule has 0 bridgehead atoms. The van der Waals surface area contributed by atoms with Crippen molar-refractivity contribution in [3.8, 4) is 0 Å². The molecule has 0 spiro atoms. The van der Waals surface area contributed by atoms with Gasteiger partial charge in [0.1, 0.15) is 5.39 Å². The van der Waals surface area contributed by atoms with Crippen LogP contribution in [0.5, 0.6) is 0 Å². The topological polar surface area (TPSA) is 95.9 Å². The molecule has 0 aromatic carbocycles. The fourth-order valence-electron chi connectivity index (χ4n) is 3.36. The molecule has 2 heterocycles. The molecule has 2 N–H and O–H groups in total. The summed E-state index contributed by atoms with van der Waals surface area (Å²) in [6.45, 7) is 2.20. The van der Waals surface area contributed by atoms with Crippen LogP contribution in [0.1, 0.15) is 51.0 Å². The Kier molecular flexibility index (Phi) is 3.76. The summed E-state index contributed by atoms with van der Waals surface area (Å²) in [6.07, 6.45) is 7.69. The van der Waals surface area contributed by atoms with Crippen molar-refractivity contribution in [2.24, 2.45) is 5.41 Å². The molecule has 6 nitrogen and oxygen atoms in total. The summed E-state index contributed by atoms with van der Waals surface area (Å²) < 4.78 is 4.93. The number of hydrogen-bond acceptors (Lipinski definition) is 4. The summed E-state index contributed by atoms with van der Waals surface area (Å²) in [5.74, 6) is 0. The van der Waals surface area contributed by atoms with Crippen LogP contribution in [0.3, 0.4) is 0 Å². The van der Waals surface area contributed by atoms with Gasteiger partial charge in [0.15, 0.2) is 0 Å². The number of hydrogen-bond donors (Lipinski definition) is 2. The highest BCUT2D eigenvalue weighted by atomic mass is 16.4. The maximum Gasteiger partial charge on any atom is 0.337 e. The second-order valence-electron chi connectivity index (χ2n) is 6.31. The van der Waals surface area contributed by atoms with Crippen LogP contribution < -0.4 is 16.9 Å². The fourth-order valence-corrected chi connectivity index (χ4v) is 3.36. The standard InChI is InChI=1S/C16H20N2O4/c1-2-5-16(7-8-16)6-3-4-10-9-11(19)22-14-12(10)13(20)17-15(21)18-14/h9H,2-8H2,1H3,(H2,17,18,20,21). The second kappa shape index (κ2) is 5.59. The fraction of sp³-hybridized carbons (Fsp3) is 0.562. The van der Waals surface area contributed by atoms with E-state index in [4.69, 9.17) is 4.42 Å². The van der Waals surface area contributed by atoms with Gasteiger partial charge in [-0.25, -0.2) is 9.59 Å². The highest BCUT2D eigenvalue weighted by Gasteiger charge is 2.40.